The Hall–Kier alpha value is -0.870. The van der Waals surface area contributed by atoms with E-state index >= 15 is 0 Å². The Balaban J connectivity index is 3.08. The number of aliphatic hydroxyl groups excluding tert-OH is 1. The van der Waals surface area contributed by atoms with E-state index in [2.05, 4.69) is 22.2 Å². The molecular formula is C13H22ClN3O. The second kappa shape index (κ2) is 5.85. The largest absolute Gasteiger partial charge is 0.391 e. The molecular weight excluding hydrogens is 250 g/mol. The molecule has 1 aromatic heterocycles. The van der Waals surface area contributed by atoms with Crippen molar-refractivity contribution in [3.63, 3.8) is 0 Å². The molecule has 0 saturated heterocycles. The first-order valence-electron chi connectivity index (χ1n) is 6.27. The van der Waals surface area contributed by atoms with Crippen LogP contribution in [0.2, 0.25) is 5.15 Å². The number of halogens is 1. The van der Waals surface area contributed by atoms with Gasteiger partial charge >= 0.3 is 0 Å². The van der Waals surface area contributed by atoms with Crippen molar-refractivity contribution < 1.29 is 5.11 Å². The van der Waals surface area contributed by atoms with Crippen LogP contribution in [-0.4, -0.2) is 26.7 Å². The lowest BCUT2D eigenvalue weighted by Gasteiger charge is -2.30. The molecule has 5 heteroatoms. The Labute approximate surface area is 114 Å². The maximum atomic E-state index is 9.74. The van der Waals surface area contributed by atoms with E-state index in [1.165, 1.54) is 0 Å². The molecule has 1 heterocycles. The summed E-state index contributed by atoms with van der Waals surface area (Å²) in [5, 5.41) is 13.4. The Morgan fingerprint density at radius 1 is 1.39 bits per heavy atom. The summed E-state index contributed by atoms with van der Waals surface area (Å²) in [6.07, 6.45) is 1.27. The average molecular weight is 272 g/mol. The number of aliphatic hydroxyl groups is 1. The summed E-state index contributed by atoms with van der Waals surface area (Å²) in [5.74, 6) is 1.43. The number of rotatable bonds is 5. The van der Waals surface area contributed by atoms with Crippen LogP contribution < -0.4 is 5.32 Å². The number of anilines is 1. The fraction of sp³-hybridized carbons (Fsp3) is 0.692. The van der Waals surface area contributed by atoms with Crippen LogP contribution in [0.25, 0.3) is 0 Å². The van der Waals surface area contributed by atoms with Crippen LogP contribution in [0.15, 0.2) is 0 Å². The predicted octanol–water partition coefficient (Wildman–Crippen LogP) is 2.96. The molecule has 1 atom stereocenters. The molecule has 1 aromatic rings. The molecule has 0 bridgehead atoms. The van der Waals surface area contributed by atoms with E-state index < -0.39 is 11.6 Å². The van der Waals surface area contributed by atoms with Crippen molar-refractivity contribution in [1.29, 1.82) is 0 Å². The third kappa shape index (κ3) is 3.56. The monoisotopic (exact) mass is 271 g/mol. The molecule has 0 saturated carbocycles. The molecule has 0 aliphatic heterocycles. The van der Waals surface area contributed by atoms with Gasteiger partial charge in [0.2, 0.25) is 0 Å². The van der Waals surface area contributed by atoms with Gasteiger partial charge in [-0.1, -0.05) is 18.5 Å². The molecule has 0 amide bonds. The van der Waals surface area contributed by atoms with Crippen LogP contribution in [0.4, 0.5) is 5.82 Å². The van der Waals surface area contributed by atoms with E-state index in [-0.39, 0.29) is 0 Å². The minimum atomic E-state index is -0.500. The van der Waals surface area contributed by atoms with E-state index in [0.29, 0.717) is 11.0 Å². The Morgan fingerprint density at radius 2 is 2.00 bits per heavy atom. The maximum Gasteiger partial charge on any atom is 0.137 e. The van der Waals surface area contributed by atoms with Crippen LogP contribution in [0.3, 0.4) is 0 Å². The SMILES string of the molecule is CCCc1nc(Cl)c(C)c(NC(C)(C)C(C)O)n1. The first-order valence-corrected chi connectivity index (χ1v) is 6.65. The highest BCUT2D eigenvalue weighted by Crippen LogP contribution is 2.24. The molecule has 0 fully saturated rings. The summed E-state index contributed by atoms with van der Waals surface area (Å²) < 4.78 is 0. The topological polar surface area (TPSA) is 58.0 Å². The van der Waals surface area contributed by atoms with Gasteiger partial charge in [0.15, 0.2) is 0 Å². The van der Waals surface area contributed by atoms with Crippen LogP contribution in [0.5, 0.6) is 0 Å². The van der Waals surface area contributed by atoms with Gasteiger partial charge in [-0.3, -0.25) is 0 Å². The molecule has 102 valence electrons. The summed E-state index contributed by atoms with van der Waals surface area (Å²) in [6.45, 7) is 9.54. The molecule has 1 unspecified atom stereocenters. The molecule has 0 spiro atoms. The zero-order valence-corrected chi connectivity index (χ0v) is 12.5. The second-order valence-corrected chi connectivity index (χ2v) is 5.53. The van der Waals surface area contributed by atoms with E-state index in [1.807, 2.05) is 20.8 Å². The van der Waals surface area contributed by atoms with Gasteiger partial charge in [-0.05, 0) is 34.1 Å². The van der Waals surface area contributed by atoms with Gasteiger partial charge in [0.05, 0.1) is 11.6 Å². The number of nitrogens with one attached hydrogen (secondary N) is 1. The van der Waals surface area contributed by atoms with Gasteiger partial charge in [-0.15, -0.1) is 0 Å². The van der Waals surface area contributed by atoms with Crippen LogP contribution in [0.1, 0.15) is 45.5 Å². The highest BCUT2D eigenvalue weighted by atomic mass is 35.5. The Morgan fingerprint density at radius 3 is 2.50 bits per heavy atom. The van der Waals surface area contributed by atoms with Gasteiger partial charge in [0.1, 0.15) is 16.8 Å². The standard InChI is InChI=1S/C13H22ClN3O/c1-6-7-10-15-11(14)8(2)12(16-10)17-13(4,5)9(3)18/h9,18H,6-7H2,1-5H3,(H,15,16,17). The summed E-state index contributed by atoms with van der Waals surface area (Å²) in [4.78, 5) is 8.72. The third-order valence-corrected chi connectivity index (χ3v) is 3.46. The molecule has 4 nitrogen and oxygen atoms in total. The first kappa shape index (κ1) is 15.2. The Kier molecular flexibility index (Phi) is 4.93. The third-order valence-electron chi connectivity index (χ3n) is 3.09. The molecule has 2 N–H and O–H groups in total. The van der Waals surface area contributed by atoms with E-state index in [9.17, 15) is 5.11 Å². The van der Waals surface area contributed by atoms with Crippen LogP contribution in [0, 0.1) is 6.92 Å². The fourth-order valence-electron chi connectivity index (χ4n) is 1.40. The molecule has 18 heavy (non-hydrogen) atoms. The zero-order chi connectivity index (χ0) is 13.9. The van der Waals surface area contributed by atoms with E-state index in [0.717, 1.165) is 24.2 Å². The van der Waals surface area contributed by atoms with Gasteiger partial charge in [-0.2, -0.15) is 0 Å². The van der Waals surface area contributed by atoms with Crippen molar-refractivity contribution in [1.82, 2.24) is 9.97 Å². The summed E-state index contributed by atoms with van der Waals surface area (Å²) >= 11 is 6.11. The van der Waals surface area contributed by atoms with Crippen LogP contribution in [-0.2, 0) is 6.42 Å². The lowest BCUT2D eigenvalue weighted by molar-refractivity contribution is 0.133. The van der Waals surface area contributed by atoms with Gasteiger partial charge < -0.3 is 10.4 Å². The number of hydrogen-bond acceptors (Lipinski definition) is 4. The van der Waals surface area contributed by atoms with Crippen molar-refractivity contribution in [3.05, 3.63) is 16.5 Å². The lowest BCUT2D eigenvalue weighted by Crippen LogP contribution is -2.42. The first-order chi connectivity index (χ1) is 8.27. The zero-order valence-electron chi connectivity index (χ0n) is 11.7. The molecule has 0 aliphatic carbocycles. The van der Waals surface area contributed by atoms with Gasteiger partial charge in [-0.25, -0.2) is 9.97 Å². The summed E-state index contributed by atoms with van der Waals surface area (Å²) in [7, 11) is 0. The molecule has 0 aromatic carbocycles. The Bertz CT molecular complexity index is 419. The number of hydrogen-bond donors (Lipinski definition) is 2. The van der Waals surface area contributed by atoms with Crippen molar-refractivity contribution in [3.8, 4) is 0 Å². The second-order valence-electron chi connectivity index (χ2n) is 5.18. The van der Waals surface area contributed by atoms with Crippen molar-refractivity contribution in [2.45, 2.75) is 59.1 Å². The number of aromatic nitrogens is 2. The minimum Gasteiger partial charge on any atom is -0.391 e. The molecule has 1 rings (SSSR count). The summed E-state index contributed by atoms with van der Waals surface area (Å²) in [6, 6.07) is 0. The van der Waals surface area contributed by atoms with E-state index in [4.69, 9.17) is 11.6 Å². The fourth-order valence-corrected chi connectivity index (χ4v) is 1.59. The molecule has 0 radical (unpaired) electrons. The molecule has 0 aliphatic rings. The number of nitrogens with zero attached hydrogens (tertiary/aromatic N) is 2. The minimum absolute atomic E-state index is 0.466. The quantitative estimate of drug-likeness (QED) is 0.809. The smallest absolute Gasteiger partial charge is 0.137 e. The number of aryl methyl sites for hydroxylation is 1. The maximum absolute atomic E-state index is 9.74. The predicted molar refractivity (Wildman–Crippen MR) is 75.2 cm³/mol. The van der Waals surface area contributed by atoms with Crippen LogP contribution >= 0.6 is 11.6 Å². The lowest BCUT2D eigenvalue weighted by atomic mass is 9.98. The van der Waals surface area contributed by atoms with Crippen molar-refractivity contribution in [2.75, 3.05) is 5.32 Å². The van der Waals surface area contributed by atoms with E-state index in [1.54, 1.807) is 6.92 Å². The van der Waals surface area contributed by atoms with Crippen molar-refractivity contribution in [2.24, 2.45) is 0 Å². The van der Waals surface area contributed by atoms with Gasteiger partial charge in [0.25, 0.3) is 0 Å². The normalized spacial score (nSPS) is 13.5. The average Bonchev–Trinajstić information content (AvgIpc) is 2.25. The highest BCUT2D eigenvalue weighted by molar-refractivity contribution is 6.30. The van der Waals surface area contributed by atoms with Crippen molar-refractivity contribution >= 4 is 17.4 Å². The summed E-state index contributed by atoms with van der Waals surface area (Å²) in [5.41, 5.74) is 0.344. The van der Waals surface area contributed by atoms with Gasteiger partial charge in [0, 0.05) is 12.0 Å². The highest BCUT2D eigenvalue weighted by Gasteiger charge is 2.25.